The molecule has 86 heavy (non-hydrogen) atoms. The molecule has 0 saturated carbocycles. The highest BCUT2D eigenvalue weighted by Crippen LogP contribution is 2.61. The summed E-state index contributed by atoms with van der Waals surface area (Å²) in [5.41, 5.74) is 28.6. The topological polar surface area (TPSA) is 6.48 Å². The molecule has 0 atom stereocenters. The van der Waals surface area contributed by atoms with Crippen LogP contribution in [0.1, 0.15) is 77.9 Å². The molecule has 0 N–H and O–H groups in total. The lowest BCUT2D eigenvalue weighted by molar-refractivity contribution is 0.760. The quantitative estimate of drug-likeness (QED) is 0.126. The molecule has 0 saturated heterocycles. The third-order valence-corrected chi connectivity index (χ3v) is 19.5. The van der Waals surface area contributed by atoms with Crippen LogP contribution in [0.4, 0.5) is 34.1 Å². The van der Waals surface area contributed by atoms with Gasteiger partial charge in [-0.2, -0.15) is 0 Å². The van der Waals surface area contributed by atoms with Crippen molar-refractivity contribution >= 4 is 66.4 Å². The van der Waals surface area contributed by atoms with Crippen LogP contribution in [0.5, 0.6) is 0 Å². The maximum Gasteiger partial charge on any atom is 0.0716 e. The monoisotopic (exact) mass is 1100 g/mol. The number of hydrogen-bond donors (Lipinski definition) is 0. The van der Waals surface area contributed by atoms with Gasteiger partial charge in [0.1, 0.15) is 0 Å². The van der Waals surface area contributed by atoms with E-state index in [9.17, 15) is 0 Å². The van der Waals surface area contributed by atoms with Crippen LogP contribution in [0.2, 0.25) is 0 Å². The van der Waals surface area contributed by atoms with Gasteiger partial charge in [0, 0.05) is 22.1 Å². The van der Waals surface area contributed by atoms with Gasteiger partial charge in [0.05, 0.1) is 33.6 Å². The van der Waals surface area contributed by atoms with E-state index in [1.54, 1.807) is 0 Å². The highest BCUT2D eigenvalue weighted by molar-refractivity contribution is 6.28. The Bertz CT molecular complexity index is 4620. The van der Waals surface area contributed by atoms with Crippen LogP contribution >= 0.6 is 0 Å². The van der Waals surface area contributed by atoms with E-state index >= 15 is 0 Å². The molecule has 410 valence electrons. The Hall–Kier alpha value is -10.3. The van der Waals surface area contributed by atoms with Crippen LogP contribution in [0, 0.1) is 41.5 Å². The standard InChI is InChI=1S/C84H64N2/c1-53-23-21-29-63(51-53)85(81-55(3)39-47-71(57(81)5)83(61-25-9-7-10-26-61)73-35-17-13-31-65(73)66-32-14-18-36-74(66)83)77-49-43-59-42-46-70-78(50-44-60-41-45-69(77)79(59)80(60)70)86(64-30-22-24-54(2)52-64)82-56(4)40-48-72(58(82)6)84(62-27-11-8-12-28-62)75-37-19-15-33-67(75)68-34-16-20-38-76(68)84/h7-52H,1-6H3. The number of benzene rings is 14. The van der Waals surface area contributed by atoms with Crippen molar-refractivity contribution in [3.63, 3.8) is 0 Å². The zero-order valence-corrected chi connectivity index (χ0v) is 49.5. The summed E-state index contributed by atoms with van der Waals surface area (Å²) in [6, 6.07) is 106. The summed E-state index contributed by atoms with van der Waals surface area (Å²) >= 11 is 0. The Morgan fingerprint density at radius 3 is 0.965 bits per heavy atom. The van der Waals surface area contributed by atoms with E-state index in [2.05, 4.69) is 330 Å². The fraction of sp³-hybridized carbons (Fsp3) is 0.0952. The van der Waals surface area contributed by atoms with Gasteiger partial charge in [0.15, 0.2) is 0 Å². The first-order chi connectivity index (χ1) is 42.2. The lowest BCUT2D eigenvalue weighted by Crippen LogP contribution is -2.30. The van der Waals surface area contributed by atoms with E-state index in [0.29, 0.717) is 0 Å². The molecule has 14 aromatic rings. The molecule has 0 aromatic heterocycles. The summed E-state index contributed by atoms with van der Waals surface area (Å²) in [5.74, 6) is 0. The van der Waals surface area contributed by atoms with E-state index in [4.69, 9.17) is 0 Å². The normalized spacial score (nSPS) is 13.4. The smallest absolute Gasteiger partial charge is 0.0716 e. The van der Waals surface area contributed by atoms with Crippen molar-refractivity contribution in [1.29, 1.82) is 0 Å². The number of aryl methyl sites for hydroxylation is 4. The Kier molecular flexibility index (Phi) is 11.7. The molecule has 0 radical (unpaired) electrons. The number of fused-ring (bicyclic) bond motifs is 6. The van der Waals surface area contributed by atoms with Crippen molar-refractivity contribution in [1.82, 2.24) is 0 Å². The number of anilines is 6. The molecule has 2 aliphatic rings. The molecular weight excluding hydrogens is 1040 g/mol. The van der Waals surface area contributed by atoms with Crippen LogP contribution in [-0.4, -0.2) is 0 Å². The van der Waals surface area contributed by atoms with Gasteiger partial charge in [-0.05, 0) is 200 Å². The number of rotatable bonds is 10. The van der Waals surface area contributed by atoms with E-state index in [-0.39, 0.29) is 0 Å². The Morgan fingerprint density at radius 2 is 0.605 bits per heavy atom. The van der Waals surface area contributed by atoms with Gasteiger partial charge in [-0.15, -0.1) is 0 Å². The zero-order valence-electron chi connectivity index (χ0n) is 49.5. The van der Waals surface area contributed by atoms with Crippen LogP contribution in [0.15, 0.2) is 279 Å². The second kappa shape index (κ2) is 19.7. The summed E-state index contributed by atoms with van der Waals surface area (Å²) in [6.45, 7) is 13.8. The molecule has 2 heteroatoms. The van der Waals surface area contributed by atoms with E-state index < -0.39 is 10.8 Å². The van der Waals surface area contributed by atoms with Gasteiger partial charge in [-0.1, -0.05) is 243 Å². The fourth-order valence-corrected chi connectivity index (χ4v) is 16.0. The van der Waals surface area contributed by atoms with Crippen molar-refractivity contribution in [2.24, 2.45) is 0 Å². The van der Waals surface area contributed by atoms with Crippen LogP contribution in [-0.2, 0) is 10.8 Å². The predicted molar refractivity (Wildman–Crippen MR) is 363 cm³/mol. The van der Waals surface area contributed by atoms with Crippen molar-refractivity contribution in [2.45, 2.75) is 52.4 Å². The average molecular weight is 1100 g/mol. The van der Waals surface area contributed by atoms with Crippen molar-refractivity contribution in [3.05, 3.63) is 357 Å². The van der Waals surface area contributed by atoms with Crippen LogP contribution in [0.3, 0.4) is 0 Å². The van der Waals surface area contributed by atoms with Gasteiger partial charge >= 0.3 is 0 Å². The first-order valence-electron chi connectivity index (χ1n) is 30.3. The third-order valence-electron chi connectivity index (χ3n) is 19.5. The molecule has 0 aliphatic heterocycles. The summed E-state index contributed by atoms with van der Waals surface area (Å²) in [4.78, 5) is 5.16. The van der Waals surface area contributed by atoms with Crippen LogP contribution in [0.25, 0.3) is 54.6 Å². The Balaban J connectivity index is 0.942. The lowest BCUT2D eigenvalue weighted by Gasteiger charge is -2.38. The Morgan fingerprint density at radius 1 is 0.267 bits per heavy atom. The van der Waals surface area contributed by atoms with E-state index in [1.165, 1.54) is 144 Å². The van der Waals surface area contributed by atoms with E-state index in [1.807, 2.05) is 0 Å². The van der Waals surface area contributed by atoms with Gasteiger partial charge < -0.3 is 9.80 Å². The maximum atomic E-state index is 2.58. The molecule has 14 aromatic carbocycles. The summed E-state index contributed by atoms with van der Waals surface area (Å²) in [5, 5.41) is 7.36. The second-order valence-corrected chi connectivity index (χ2v) is 24.2. The minimum Gasteiger partial charge on any atom is -0.309 e. The third kappa shape index (κ3) is 7.26. The first-order valence-corrected chi connectivity index (χ1v) is 30.3. The molecule has 0 amide bonds. The number of hydrogen-bond acceptors (Lipinski definition) is 2. The maximum absolute atomic E-state index is 2.58. The first kappa shape index (κ1) is 51.4. The van der Waals surface area contributed by atoms with Crippen molar-refractivity contribution < 1.29 is 0 Å². The second-order valence-electron chi connectivity index (χ2n) is 24.2. The largest absolute Gasteiger partial charge is 0.309 e. The molecule has 0 bridgehead atoms. The highest BCUT2D eigenvalue weighted by atomic mass is 15.2. The fourth-order valence-electron chi connectivity index (χ4n) is 16.0. The molecular formula is C84H64N2. The molecule has 16 rings (SSSR count). The molecule has 0 spiro atoms. The minimum absolute atomic E-state index is 0.564. The molecule has 2 aliphatic carbocycles. The van der Waals surface area contributed by atoms with Gasteiger partial charge in [-0.3, -0.25) is 0 Å². The molecule has 0 fully saturated rings. The van der Waals surface area contributed by atoms with Gasteiger partial charge in [0.2, 0.25) is 0 Å². The summed E-state index contributed by atoms with van der Waals surface area (Å²) < 4.78 is 0. The molecule has 2 nitrogen and oxygen atoms in total. The van der Waals surface area contributed by atoms with E-state index in [0.717, 1.165) is 22.7 Å². The highest BCUT2D eigenvalue weighted by Gasteiger charge is 2.49. The molecule has 0 heterocycles. The summed E-state index contributed by atoms with van der Waals surface area (Å²) in [6.07, 6.45) is 0. The number of nitrogens with zero attached hydrogens (tertiary/aromatic N) is 2. The zero-order chi connectivity index (χ0) is 58.0. The van der Waals surface area contributed by atoms with Crippen LogP contribution < -0.4 is 9.80 Å². The average Bonchev–Trinajstić information content (AvgIpc) is 1.47. The summed E-state index contributed by atoms with van der Waals surface area (Å²) in [7, 11) is 0. The van der Waals surface area contributed by atoms with Gasteiger partial charge in [0.25, 0.3) is 0 Å². The predicted octanol–water partition coefficient (Wildman–Crippen LogP) is 22.1. The molecule has 0 unspecified atom stereocenters. The van der Waals surface area contributed by atoms with Crippen molar-refractivity contribution in [3.8, 4) is 22.3 Å². The minimum atomic E-state index is -0.564. The van der Waals surface area contributed by atoms with Crippen molar-refractivity contribution in [2.75, 3.05) is 9.80 Å². The van der Waals surface area contributed by atoms with Gasteiger partial charge in [-0.25, -0.2) is 0 Å². The SMILES string of the molecule is Cc1cccc(N(c2c(C)ccc(C3(c4ccccc4)c4ccccc4-c4ccccc43)c2C)c2ccc3ccc4c(N(c5cccc(C)c5)c5c(C)ccc(C6(c7ccccc7)c7ccccc7-c7ccccc76)c5C)ccc5ccc2c3c54)c1. The Labute approximate surface area is 504 Å². The lowest BCUT2D eigenvalue weighted by atomic mass is 9.66.